The Balaban J connectivity index is 2.14. The summed E-state index contributed by atoms with van der Waals surface area (Å²) < 4.78 is 5.48. The van der Waals surface area contributed by atoms with Gasteiger partial charge in [0.1, 0.15) is 22.3 Å². The Morgan fingerprint density at radius 3 is 2.83 bits per heavy atom. The summed E-state index contributed by atoms with van der Waals surface area (Å²) in [5.41, 5.74) is 0.614. The molecule has 94 valence electrons. The quantitative estimate of drug-likeness (QED) is 0.914. The number of carboxylic acid groups (broad SMARTS) is 1. The maximum Gasteiger partial charge on any atom is 0.346 e. The molecule has 18 heavy (non-hydrogen) atoms. The fraction of sp³-hybridized carbons (Fsp3) is 0.0833. The van der Waals surface area contributed by atoms with Crippen LogP contribution in [0.25, 0.3) is 0 Å². The highest BCUT2D eigenvalue weighted by Gasteiger charge is 2.13. The fourth-order valence-corrected chi connectivity index (χ4v) is 2.48. The molecule has 0 aliphatic heterocycles. The minimum atomic E-state index is -0.958. The van der Waals surface area contributed by atoms with E-state index in [1.165, 1.54) is 0 Å². The third kappa shape index (κ3) is 2.77. The van der Waals surface area contributed by atoms with Crippen molar-refractivity contribution < 1.29 is 14.6 Å². The lowest BCUT2D eigenvalue weighted by Gasteiger charge is -2.08. The van der Waals surface area contributed by atoms with E-state index < -0.39 is 5.97 Å². The summed E-state index contributed by atoms with van der Waals surface area (Å²) in [6.07, 6.45) is 0. The van der Waals surface area contributed by atoms with Crippen molar-refractivity contribution in [3.63, 3.8) is 0 Å². The molecule has 3 nitrogen and oxygen atoms in total. The first-order chi connectivity index (χ1) is 8.59. The van der Waals surface area contributed by atoms with Gasteiger partial charge in [0.2, 0.25) is 0 Å². The van der Waals surface area contributed by atoms with Gasteiger partial charge in [-0.2, -0.15) is 0 Å². The van der Waals surface area contributed by atoms with Gasteiger partial charge in [-0.25, -0.2) is 4.79 Å². The molecule has 0 aliphatic carbocycles. The Morgan fingerprint density at radius 2 is 2.11 bits per heavy atom. The number of carboxylic acids is 1. The second-order valence-electron chi connectivity index (χ2n) is 3.42. The van der Waals surface area contributed by atoms with Crippen molar-refractivity contribution in [3.05, 3.63) is 50.1 Å². The fourth-order valence-electron chi connectivity index (χ4n) is 1.39. The average molecular weight is 303 g/mol. The number of thiophene rings is 1. The van der Waals surface area contributed by atoms with Crippen LogP contribution in [0.2, 0.25) is 10.0 Å². The molecule has 6 heteroatoms. The normalized spacial score (nSPS) is 10.3. The zero-order valence-corrected chi connectivity index (χ0v) is 11.4. The van der Waals surface area contributed by atoms with Crippen molar-refractivity contribution in [2.24, 2.45) is 0 Å². The van der Waals surface area contributed by atoms with E-state index in [1.807, 2.05) is 0 Å². The molecule has 0 aliphatic rings. The van der Waals surface area contributed by atoms with Crippen LogP contribution in [0.3, 0.4) is 0 Å². The monoisotopic (exact) mass is 302 g/mol. The summed E-state index contributed by atoms with van der Waals surface area (Å²) >= 11 is 13.0. The van der Waals surface area contributed by atoms with Gasteiger partial charge in [-0.15, -0.1) is 11.3 Å². The van der Waals surface area contributed by atoms with Crippen LogP contribution in [0, 0.1) is 0 Å². The number of carbonyl (C=O) groups is 1. The van der Waals surface area contributed by atoms with Crippen molar-refractivity contribution in [2.75, 3.05) is 0 Å². The van der Waals surface area contributed by atoms with Gasteiger partial charge in [-0.05, 0) is 23.6 Å². The lowest BCUT2D eigenvalue weighted by Crippen LogP contribution is -2.02. The van der Waals surface area contributed by atoms with Crippen LogP contribution < -0.4 is 4.74 Å². The van der Waals surface area contributed by atoms with E-state index in [1.54, 1.807) is 29.6 Å². The highest BCUT2D eigenvalue weighted by Crippen LogP contribution is 2.32. The largest absolute Gasteiger partial charge is 0.487 e. The molecular weight excluding hydrogens is 295 g/mol. The topological polar surface area (TPSA) is 46.5 Å². The third-order valence-electron chi connectivity index (χ3n) is 2.24. The Labute approximate surface area is 118 Å². The highest BCUT2D eigenvalue weighted by atomic mass is 35.5. The van der Waals surface area contributed by atoms with Crippen LogP contribution in [0.15, 0.2) is 29.6 Å². The van der Waals surface area contributed by atoms with Crippen molar-refractivity contribution in [1.29, 1.82) is 0 Å². The first-order valence-corrected chi connectivity index (χ1v) is 6.59. The Morgan fingerprint density at radius 1 is 1.33 bits per heavy atom. The van der Waals surface area contributed by atoms with E-state index in [4.69, 9.17) is 33.0 Å². The zero-order valence-electron chi connectivity index (χ0n) is 9.02. The predicted molar refractivity (Wildman–Crippen MR) is 72.1 cm³/mol. The summed E-state index contributed by atoms with van der Waals surface area (Å²) in [6, 6.07) is 6.77. The molecule has 1 N–H and O–H groups in total. The van der Waals surface area contributed by atoms with Gasteiger partial charge >= 0.3 is 5.97 Å². The molecule has 1 aromatic heterocycles. The minimum Gasteiger partial charge on any atom is -0.487 e. The lowest BCUT2D eigenvalue weighted by molar-refractivity contribution is 0.0699. The van der Waals surface area contributed by atoms with Gasteiger partial charge in [0.05, 0.1) is 5.02 Å². The van der Waals surface area contributed by atoms with Gasteiger partial charge in [-0.1, -0.05) is 29.3 Å². The number of benzene rings is 1. The van der Waals surface area contributed by atoms with E-state index in [0.717, 1.165) is 11.3 Å². The van der Waals surface area contributed by atoms with Crippen LogP contribution in [0.4, 0.5) is 0 Å². The summed E-state index contributed by atoms with van der Waals surface area (Å²) in [6.45, 7) is 0.144. The van der Waals surface area contributed by atoms with Crippen molar-refractivity contribution >= 4 is 40.5 Å². The van der Waals surface area contributed by atoms with E-state index in [0.29, 0.717) is 21.4 Å². The molecule has 2 rings (SSSR count). The molecule has 0 fully saturated rings. The molecule has 2 aromatic rings. The second kappa shape index (κ2) is 5.61. The Bertz CT molecular complexity index is 580. The third-order valence-corrected chi connectivity index (χ3v) is 3.99. The van der Waals surface area contributed by atoms with E-state index in [-0.39, 0.29) is 11.5 Å². The first kappa shape index (κ1) is 13.2. The van der Waals surface area contributed by atoms with Crippen LogP contribution in [0.1, 0.15) is 15.2 Å². The predicted octanol–water partition coefficient (Wildman–Crippen LogP) is 4.33. The van der Waals surface area contributed by atoms with Gasteiger partial charge in [0, 0.05) is 5.56 Å². The number of aromatic carboxylic acids is 1. The number of halogens is 2. The minimum absolute atomic E-state index is 0.144. The molecule has 0 saturated carbocycles. The number of hydrogen-bond donors (Lipinski definition) is 1. The van der Waals surface area contributed by atoms with Gasteiger partial charge in [0.25, 0.3) is 0 Å². The Kier molecular flexibility index (Phi) is 4.11. The molecule has 0 saturated heterocycles. The van der Waals surface area contributed by atoms with Crippen LogP contribution >= 0.6 is 34.5 Å². The maximum absolute atomic E-state index is 10.9. The zero-order chi connectivity index (χ0) is 13.1. The van der Waals surface area contributed by atoms with Gasteiger partial charge in [-0.3, -0.25) is 0 Å². The van der Waals surface area contributed by atoms with Crippen LogP contribution in [0.5, 0.6) is 5.75 Å². The maximum atomic E-state index is 10.9. The number of ether oxygens (including phenoxy) is 1. The molecule has 1 heterocycles. The summed E-state index contributed by atoms with van der Waals surface area (Å²) in [5, 5.41) is 11.4. The molecular formula is C12H8Cl2O3S. The van der Waals surface area contributed by atoms with Crippen LogP contribution in [-0.4, -0.2) is 11.1 Å². The number of rotatable bonds is 4. The smallest absolute Gasteiger partial charge is 0.346 e. The van der Waals surface area contributed by atoms with E-state index >= 15 is 0 Å². The summed E-state index contributed by atoms with van der Waals surface area (Å²) in [4.78, 5) is 11.2. The second-order valence-corrected chi connectivity index (χ2v) is 5.12. The summed E-state index contributed by atoms with van der Waals surface area (Å²) in [5.74, 6) is -0.521. The standard InChI is InChI=1S/C12H8Cl2O3S/c13-8-2-1-3-9(10(8)14)17-6-7-4-5-18-11(7)12(15)16/h1-5H,6H2,(H,15,16). The Hall–Kier alpha value is -1.23. The molecule has 0 spiro atoms. The van der Waals surface area contributed by atoms with Gasteiger partial charge < -0.3 is 9.84 Å². The van der Waals surface area contributed by atoms with Crippen LogP contribution in [-0.2, 0) is 6.61 Å². The molecule has 1 aromatic carbocycles. The van der Waals surface area contributed by atoms with Crippen molar-refractivity contribution in [1.82, 2.24) is 0 Å². The molecule has 0 unspecified atom stereocenters. The van der Waals surface area contributed by atoms with E-state index in [2.05, 4.69) is 0 Å². The van der Waals surface area contributed by atoms with Gasteiger partial charge in [0.15, 0.2) is 0 Å². The SMILES string of the molecule is O=C(O)c1sccc1COc1cccc(Cl)c1Cl. The molecule has 0 bridgehead atoms. The van der Waals surface area contributed by atoms with Crippen molar-refractivity contribution in [3.8, 4) is 5.75 Å². The lowest BCUT2D eigenvalue weighted by atomic mass is 10.2. The van der Waals surface area contributed by atoms with E-state index in [9.17, 15) is 4.79 Å². The molecule has 0 radical (unpaired) electrons. The first-order valence-electron chi connectivity index (χ1n) is 4.96. The molecule has 0 amide bonds. The average Bonchev–Trinajstić information content (AvgIpc) is 2.79. The van der Waals surface area contributed by atoms with Crippen molar-refractivity contribution in [2.45, 2.75) is 6.61 Å². The highest BCUT2D eigenvalue weighted by molar-refractivity contribution is 7.12. The molecule has 0 atom stereocenters. The number of hydrogen-bond acceptors (Lipinski definition) is 3. The summed E-state index contributed by atoms with van der Waals surface area (Å²) in [7, 11) is 0.